The Balaban J connectivity index is 2.43. The summed E-state index contributed by atoms with van der Waals surface area (Å²) in [5.74, 6) is 0. The smallest absolute Gasteiger partial charge is 0.230 e. The second-order valence-corrected chi connectivity index (χ2v) is 4.16. The van der Waals surface area contributed by atoms with Crippen molar-refractivity contribution in [2.24, 2.45) is 0 Å². The molecular weight excluding hydrogens is 176 g/mol. The van der Waals surface area contributed by atoms with E-state index in [9.17, 15) is 8.42 Å². The van der Waals surface area contributed by atoms with E-state index in [0.717, 1.165) is 26.2 Å². The summed E-state index contributed by atoms with van der Waals surface area (Å²) in [5.41, 5.74) is 0. The Bertz CT molecular complexity index is 302. The molecule has 12 heavy (non-hydrogen) atoms. The number of hydrogen-bond acceptors (Lipinski definition) is 3. The predicted molar refractivity (Wildman–Crippen MR) is 46.5 cm³/mol. The molecule has 3 saturated heterocycles. The van der Waals surface area contributed by atoms with Crippen molar-refractivity contribution < 1.29 is 8.42 Å². The molecule has 3 fully saturated rings. The molecule has 3 heterocycles. The van der Waals surface area contributed by atoms with E-state index in [4.69, 9.17) is 0 Å². The van der Waals surface area contributed by atoms with Gasteiger partial charge in [0.05, 0.1) is 6.04 Å². The van der Waals surface area contributed by atoms with Gasteiger partial charge in [0.25, 0.3) is 0 Å². The summed E-state index contributed by atoms with van der Waals surface area (Å²) in [7, 11) is -2.03. The Morgan fingerprint density at radius 3 is 2.17 bits per heavy atom. The number of piperazine rings is 3. The van der Waals surface area contributed by atoms with Gasteiger partial charge < -0.3 is 0 Å². The van der Waals surface area contributed by atoms with Gasteiger partial charge in [-0.2, -0.15) is 8.42 Å². The molecule has 5 heteroatoms. The maximum atomic E-state index is 10.8. The van der Waals surface area contributed by atoms with E-state index in [1.807, 2.05) is 11.8 Å². The van der Waals surface area contributed by atoms with E-state index >= 15 is 0 Å². The highest BCUT2D eigenvalue weighted by Crippen LogP contribution is 2.16. The average molecular weight is 188 g/mol. The van der Waals surface area contributed by atoms with Crippen molar-refractivity contribution in [3.63, 3.8) is 0 Å². The van der Waals surface area contributed by atoms with Crippen LogP contribution in [0, 0.1) is 0 Å². The van der Waals surface area contributed by atoms with E-state index in [2.05, 4.69) is 4.90 Å². The van der Waals surface area contributed by atoms with Crippen molar-refractivity contribution in [3.05, 3.63) is 0 Å². The molecule has 3 aliphatic rings. The zero-order chi connectivity index (χ0) is 8.72. The third-order valence-electron chi connectivity index (χ3n) is 2.70. The molecule has 2 bridgehead atoms. The first-order valence-corrected chi connectivity index (χ1v) is 5.23. The number of hydrogen-bond donors (Lipinski definition) is 0. The van der Waals surface area contributed by atoms with Gasteiger partial charge in [0, 0.05) is 26.2 Å². The molecule has 0 N–H and O–H groups in total. The quantitative estimate of drug-likeness (QED) is 0.458. The highest BCUT2D eigenvalue weighted by molar-refractivity contribution is 7.73. The second-order valence-electron chi connectivity index (χ2n) is 3.27. The summed E-state index contributed by atoms with van der Waals surface area (Å²) in [6.45, 7) is 5.70. The van der Waals surface area contributed by atoms with E-state index in [1.54, 1.807) is 0 Å². The molecule has 3 rings (SSSR count). The first kappa shape index (κ1) is 8.22. The molecular formula is C7H12N2O2S. The minimum absolute atomic E-state index is 0.0887. The normalized spacial score (nSPS) is 40.1. The van der Waals surface area contributed by atoms with Crippen molar-refractivity contribution in [1.29, 1.82) is 0 Å². The lowest BCUT2D eigenvalue weighted by Gasteiger charge is -2.45. The fourth-order valence-electron chi connectivity index (χ4n) is 1.99. The Morgan fingerprint density at radius 2 is 1.83 bits per heavy atom. The fraction of sp³-hybridized carbons (Fsp3) is 0.857. The van der Waals surface area contributed by atoms with E-state index in [-0.39, 0.29) is 6.04 Å². The van der Waals surface area contributed by atoms with E-state index < -0.39 is 10.3 Å². The molecule has 0 aromatic carbocycles. The number of rotatable bonds is 0. The van der Waals surface area contributed by atoms with Gasteiger partial charge in [-0.3, -0.25) is 9.80 Å². The fourth-order valence-corrected chi connectivity index (χ4v) is 2.82. The molecule has 1 unspecified atom stereocenters. The minimum Gasteiger partial charge on any atom is -0.292 e. The van der Waals surface area contributed by atoms with Crippen molar-refractivity contribution >= 4 is 15.3 Å². The maximum Gasteiger partial charge on any atom is 0.230 e. The molecule has 0 amide bonds. The molecule has 3 aliphatic heterocycles. The van der Waals surface area contributed by atoms with E-state index in [1.165, 1.54) is 0 Å². The molecule has 1 atom stereocenters. The zero-order valence-corrected chi connectivity index (χ0v) is 7.84. The summed E-state index contributed by atoms with van der Waals surface area (Å²) in [4.78, 5) is 4.77. The molecule has 0 spiro atoms. The molecule has 0 aromatic heterocycles. The Morgan fingerprint density at radius 1 is 1.25 bits per heavy atom. The Kier molecular flexibility index (Phi) is 1.94. The topological polar surface area (TPSA) is 40.6 Å². The highest BCUT2D eigenvalue weighted by Gasteiger charge is 2.35. The van der Waals surface area contributed by atoms with Crippen LogP contribution in [0.5, 0.6) is 0 Å². The monoisotopic (exact) mass is 188 g/mol. The predicted octanol–water partition coefficient (Wildman–Crippen LogP) is -0.985. The summed E-state index contributed by atoms with van der Waals surface area (Å²) in [6, 6.07) is 0.0887. The van der Waals surface area contributed by atoms with Crippen LogP contribution in [0.15, 0.2) is 0 Å². The molecule has 4 nitrogen and oxygen atoms in total. The van der Waals surface area contributed by atoms with Gasteiger partial charge in [0.15, 0.2) is 0 Å². The molecule has 0 radical (unpaired) electrons. The zero-order valence-electron chi connectivity index (χ0n) is 7.02. The van der Waals surface area contributed by atoms with Crippen LogP contribution in [-0.4, -0.2) is 55.4 Å². The van der Waals surface area contributed by atoms with Crippen LogP contribution in [0.4, 0.5) is 0 Å². The van der Waals surface area contributed by atoms with Crippen LogP contribution in [-0.2, 0) is 10.3 Å². The third kappa shape index (κ3) is 1.09. The van der Waals surface area contributed by atoms with Gasteiger partial charge in [0.2, 0.25) is 10.3 Å². The minimum atomic E-state index is -2.03. The van der Waals surface area contributed by atoms with Gasteiger partial charge >= 0.3 is 0 Å². The summed E-state index contributed by atoms with van der Waals surface area (Å²) in [6.07, 6.45) is 0. The summed E-state index contributed by atoms with van der Waals surface area (Å²) in [5, 5.41) is 0. The number of nitrogens with zero attached hydrogens (tertiary/aromatic N) is 2. The van der Waals surface area contributed by atoms with Gasteiger partial charge in [0.1, 0.15) is 4.99 Å². The molecule has 0 aromatic rings. The second kappa shape index (κ2) is 2.83. The van der Waals surface area contributed by atoms with Crippen LogP contribution in [0.2, 0.25) is 0 Å². The summed E-state index contributed by atoms with van der Waals surface area (Å²) >= 11 is 0. The first-order chi connectivity index (χ1) is 5.70. The van der Waals surface area contributed by atoms with Crippen molar-refractivity contribution in [2.45, 2.75) is 13.0 Å². The van der Waals surface area contributed by atoms with Crippen molar-refractivity contribution in [2.75, 3.05) is 26.2 Å². The Labute approximate surface area is 73.3 Å². The van der Waals surface area contributed by atoms with Gasteiger partial charge in [-0.1, -0.05) is 0 Å². The number of fused-ring (bicyclic) bond motifs is 3. The standard InChI is InChI=1S/C7H12N2O2S/c1-6-7(12(10)11)9-4-2-8(6)3-5-9/h6H,2-5H2,1H3. The molecule has 0 aliphatic carbocycles. The lowest BCUT2D eigenvalue weighted by Crippen LogP contribution is -2.63. The van der Waals surface area contributed by atoms with Crippen molar-refractivity contribution in [1.82, 2.24) is 9.80 Å². The molecule has 0 saturated carbocycles. The van der Waals surface area contributed by atoms with Crippen LogP contribution in [0.25, 0.3) is 0 Å². The van der Waals surface area contributed by atoms with Crippen LogP contribution >= 0.6 is 0 Å². The van der Waals surface area contributed by atoms with Crippen LogP contribution < -0.4 is 0 Å². The molecule has 68 valence electrons. The first-order valence-electron chi connectivity index (χ1n) is 4.15. The maximum absolute atomic E-state index is 10.8. The third-order valence-corrected chi connectivity index (χ3v) is 3.64. The highest BCUT2D eigenvalue weighted by atomic mass is 32.2. The van der Waals surface area contributed by atoms with Crippen molar-refractivity contribution in [3.8, 4) is 0 Å². The Hall–Kier alpha value is -0.390. The average Bonchev–Trinajstić information content (AvgIpc) is 2.05. The lowest BCUT2D eigenvalue weighted by molar-refractivity contribution is 0.122. The lowest BCUT2D eigenvalue weighted by atomic mass is 10.1. The SMILES string of the molecule is CC1C(=S(=O)=O)N2CCN1CC2. The summed E-state index contributed by atoms with van der Waals surface area (Å²) < 4.78 is 21.7. The van der Waals surface area contributed by atoms with Crippen LogP contribution in [0.3, 0.4) is 0 Å². The van der Waals surface area contributed by atoms with E-state index in [0.29, 0.717) is 4.99 Å². The largest absolute Gasteiger partial charge is 0.292 e. The van der Waals surface area contributed by atoms with Gasteiger partial charge in [-0.15, -0.1) is 0 Å². The van der Waals surface area contributed by atoms with Gasteiger partial charge in [-0.25, -0.2) is 0 Å². The van der Waals surface area contributed by atoms with Gasteiger partial charge in [-0.05, 0) is 6.92 Å². The van der Waals surface area contributed by atoms with Crippen LogP contribution in [0.1, 0.15) is 6.92 Å².